The largest absolute Gasteiger partial charge is 0.309 e. The first-order chi connectivity index (χ1) is 57.6. The van der Waals surface area contributed by atoms with E-state index in [-0.39, 0.29) is 0 Å². The first-order valence-corrected chi connectivity index (χ1v) is 40.1. The van der Waals surface area contributed by atoms with E-state index in [1.807, 2.05) is 0 Å². The van der Waals surface area contributed by atoms with Crippen molar-refractivity contribution in [2.75, 3.05) is 0 Å². The van der Waals surface area contributed by atoms with Crippen LogP contribution in [0, 0.1) is 0 Å². The van der Waals surface area contributed by atoms with E-state index < -0.39 is 0 Å². The van der Waals surface area contributed by atoms with Crippen LogP contribution in [0.2, 0.25) is 0 Å². The Hall–Kier alpha value is -15.2. The topological polar surface area (TPSA) is 9.86 Å². The molecule has 0 aliphatic carbocycles. The van der Waals surface area contributed by atoms with E-state index in [1.165, 1.54) is 208 Å². The van der Waals surface area contributed by atoms with E-state index in [2.05, 4.69) is 458 Å². The summed E-state index contributed by atoms with van der Waals surface area (Å²) >= 11 is 0. The minimum Gasteiger partial charge on any atom is -0.309 e. The van der Waals surface area contributed by atoms with E-state index in [0.717, 1.165) is 11.4 Å². The number of para-hydroxylation sites is 2. The number of fused-ring (bicyclic) bond motifs is 12. The Morgan fingerprint density at radius 3 is 0.672 bits per heavy atom. The van der Waals surface area contributed by atoms with Gasteiger partial charge in [-0.2, -0.15) is 0 Å². The van der Waals surface area contributed by atoms with Crippen LogP contribution in [-0.2, 0) is 0 Å². The lowest BCUT2D eigenvalue weighted by atomic mass is 9.86. The lowest BCUT2D eigenvalue weighted by molar-refractivity contribution is 1.18. The Labute approximate surface area is 673 Å². The molecule has 0 aliphatic rings. The first-order valence-electron chi connectivity index (χ1n) is 40.1. The number of hydrogen-bond acceptors (Lipinski definition) is 0. The molecule has 0 fully saturated rings. The van der Waals surface area contributed by atoms with Crippen molar-refractivity contribution in [3.05, 3.63) is 449 Å². The molecule has 116 heavy (non-hydrogen) atoms. The highest BCUT2D eigenvalue weighted by molar-refractivity contribution is 6.23. The Balaban J connectivity index is 0.000000141. The summed E-state index contributed by atoms with van der Waals surface area (Å²) in [6.07, 6.45) is 0. The summed E-state index contributed by atoms with van der Waals surface area (Å²) in [5, 5.41) is 20.2. The molecule has 2 heterocycles. The van der Waals surface area contributed by atoms with E-state index in [1.54, 1.807) is 0 Å². The van der Waals surface area contributed by atoms with E-state index >= 15 is 0 Å². The highest BCUT2D eigenvalue weighted by atomic mass is 15.0. The Kier molecular flexibility index (Phi) is 16.6. The fourth-order valence-electron chi connectivity index (χ4n) is 18.6. The molecule has 0 spiro atoms. The van der Waals surface area contributed by atoms with E-state index in [9.17, 15) is 0 Å². The monoisotopic (exact) mass is 1470 g/mol. The third-order valence-corrected chi connectivity index (χ3v) is 24.0. The predicted octanol–water partition coefficient (Wildman–Crippen LogP) is 31.5. The number of benzene rings is 21. The van der Waals surface area contributed by atoms with Gasteiger partial charge in [-0.3, -0.25) is 0 Å². The highest BCUT2D eigenvalue weighted by Gasteiger charge is 2.22. The van der Waals surface area contributed by atoms with Gasteiger partial charge in [0, 0.05) is 32.9 Å². The third-order valence-electron chi connectivity index (χ3n) is 24.0. The summed E-state index contributed by atoms with van der Waals surface area (Å²) in [6.45, 7) is 0. The summed E-state index contributed by atoms with van der Waals surface area (Å²) in [6, 6.07) is 164. The van der Waals surface area contributed by atoms with Gasteiger partial charge in [-0.05, 0) is 225 Å². The number of hydrogen-bond donors (Lipinski definition) is 0. The van der Waals surface area contributed by atoms with Gasteiger partial charge in [0.05, 0.1) is 22.1 Å². The molecule has 0 amide bonds. The summed E-state index contributed by atoms with van der Waals surface area (Å²) in [7, 11) is 0. The lowest BCUT2D eigenvalue weighted by Gasteiger charge is -2.18. The molecule has 0 aliphatic heterocycles. The van der Waals surface area contributed by atoms with Crippen LogP contribution in [-0.4, -0.2) is 9.13 Å². The second-order valence-electron chi connectivity index (χ2n) is 30.5. The molecular weight excluding hydrogens is 1400 g/mol. The zero-order valence-corrected chi connectivity index (χ0v) is 63.6. The first kappa shape index (κ1) is 67.7. The van der Waals surface area contributed by atoms with Crippen LogP contribution in [0.5, 0.6) is 0 Å². The fourth-order valence-corrected chi connectivity index (χ4v) is 18.6. The molecular formula is C114H74N2. The zero-order valence-electron chi connectivity index (χ0n) is 63.6. The van der Waals surface area contributed by atoms with Gasteiger partial charge in [-0.25, -0.2) is 0 Å². The van der Waals surface area contributed by atoms with Gasteiger partial charge in [0.1, 0.15) is 0 Å². The molecule has 0 saturated heterocycles. The maximum atomic E-state index is 2.41. The van der Waals surface area contributed by atoms with Crippen molar-refractivity contribution in [2.45, 2.75) is 0 Å². The maximum Gasteiger partial charge on any atom is 0.0541 e. The normalized spacial score (nSPS) is 11.6. The molecule has 0 saturated carbocycles. The quantitative estimate of drug-likeness (QED) is 0.114. The molecule has 2 aromatic heterocycles. The van der Waals surface area contributed by atoms with Crippen LogP contribution in [0.1, 0.15) is 0 Å². The van der Waals surface area contributed by atoms with Crippen molar-refractivity contribution >= 4 is 108 Å². The highest BCUT2D eigenvalue weighted by Crippen LogP contribution is 2.48. The minimum atomic E-state index is 1.15. The summed E-state index contributed by atoms with van der Waals surface area (Å²) in [5.41, 5.74) is 29.4. The number of rotatable bonds is 11. The summed E-state index contributed by atoms with van der Waals surface area (Å²) in [4.78, 5) is 0. The molecule has 0 radical (unpaired) electrons. The van der Waals surface area contributed by atoms with Gasteiger partial charge >= 0.3 is 0 Å². The Bertz CT molecular complexity index is 7620. The molecule has 23 aromatic rings. The molecule has 540 valence electrons. The van der Waals surface area contributed by atoms with E-state index in [0.29, 0.717) is 0 Å². The molecule has 0 N–H and O–H groups in total. The van der Waals surface area contributed by atoms with Crippen LogP contribution in [0.4, 0.5) is 0 Å². The second kappa shape index (κ2) is 28.5. The van der Waals surface area contributed by atoms with Crippen molar-refractivity contribution in [3.63, 3.8) is 0 Å². The average molecular weight is 1470 g/mol. The predicted molar refractivity (Wildman–Crippen MR) is 496 cm³/mol. The number of nitrogens with zero attached hydrogens (tertiary/aromatic N) is 2. The van der Waals surface area contributed by atoms with Gasteiger partial charge < -0.3 is 9.13 Å². The molecule has 23 rings (SSSR count). The Morgan fingerprint density at radius 2 is 0.345 bits per heavy atom. The fraction of sp³-hybridized carbons (Fsp3) is 0. The lowest BCUT2D eigenvalue weighted by Crippen LogP contribution is -1.94. The average Bonchev–Trinajstić information content (AvgIpc) is 1.35. The molecule has 0 bridgehead atoms. The molecule has 21 aromatic carbocycles. The Morgan fingerprint density at radius 1 is 0.121 bits per heavy atom. The maximum absolute atomic E-state index is 2.41. The van der Waals surface area contributed by atoms with Crippen molar-refractivity contribution in [3.8, 4) is 112 Å². The van der Waals surface area contributed by atoms with Crippen LogP contribution < -0.4 is 0 Å². The minimum absolute atomic E-state index is 1.15. The third kappa shape index (κ3) is 11.6. The SMILES string of the molecule is c1ccc(-c2c3ccccc3c(-c3ccc(-n4c5ccccc5c5cc(-c6ccc(-c7ccc(-c8cccc9ccccc89)cc7)cc6)ccc54)cc3)c3ccccc23)cc1.c1ccc(-c2c3ccccc3c(-c3ccc(-n4c5ccccc5c5cc(-c6ccc(-c7cccc8ccccc78)cc6)ccc54)cc3)c3ccccc23)cc1. The number of aromatic nitrogens is 2. The zero-order chi connectivity index (χ0) is 76.6. The summed E-state index contributed by atoms with van der Waals surface area (Å²) < 4.78 is 4.83. The van der Waals surface area contributed by atoms with Crippen LogP contribution in [0.3, 0.4) is 0 Å². The van der Waals surface area contributed by atoms with Crippen molar-refractivity contribution in [1.29, 1.82) is 0 Å². The van der Waals surface area contributed by atoms with Crippen LogP contribution in [0.15, 0.2) is 449 Å². The van der Waals surface area contributed by atoms with Crippen molar-refractivity contribution in [2.24, 2.45) is 0 Å². The standard InChI is InChI=1S/C60H39N.C54H35N/c1-2-14-45(15-3-1)59-52-19-6-8-21-54(52)60(55-22-9-7-20-53(55)59)46-33-36-48(37-34-46)61-57-24-11-10-18-51(57)56-39-47(35-38-58(56)61)42-27-25-40(26-28-42)41-29-31-44(32-30-41)50-23-12-16-43-13-4-5-17-49(43)50;1-2-14-39(15-3-1)53-46-19-6-8-21-48(46)54(49-22-9-7-20-47(49)53)40-29-32-42(33-30-40)55-51-24-11-10-18-45(51)50-35-41(31-34-52(50)55)36-25-27-38(28-26-36)44-23-12-16-37-13-4-5-17-43(37)44/h1-39H;1-35H. The van der Waals surface area contributed by atoms with Crippen LogP contribution >= 0.6 is 0 Å². The van der Waals surface area contributed by atoms with Gasteiger partial charge in [0.2, 0.25) is 0 Å². The molecule has 0 atom stereocenters. The van der Waals surface area contributed by atoms with Gasteiger partial charge in [-0.1, -0.05) is 388 Å². The van der Waals surface area contributed by atoms with Crippen LogP contribution in [0.25, 0.3) is 220 Å². The molecule has 2 nitrogen and oxygen atoms in total. The van der Waals surface area contributed by atoms with Gasteiger partial charge in [0.15, 0.2) is 0 Å². The second-order valence-corrected chi connectivity index (χ2v) is 30.5. The van der Waals surface area contributed by atoms with E-state index in [4.69, 9.17) is 0 Å². The van der Waals surface area contributed by atoms with Crippen molar-refractivity contribution < 1.29 is 0 Å². The van der Waals surface area contributed by atoms with Gasteiger partial charge in [0.25, 0.3) is 0 Å². The van der Waals surface area contributed by atoms with Gasteiger partial charge in [-0.15, -0.1) is 0 Å². The molecule has 2 heteroatoms. The molecule has 0 unspecified atom stereocenters. The van der Waals surface area contributed by atoms with Crippen molar-refractivity contribution in [1.82, 2.24) is 9.13 Å². The smallest absolute Gasteiger partial charge is 0.0541 e. The summed E-state index contributed by atoms with van der Waals surface area (Å²) in [5.74, 6) is 0.